The summed E-state index contributed by atoms with van der Waals surface area (Å²) in [5.74, 6) is -1.70. The van der Waals surface area contributed by atoms with Gasteiger partial charge < -0.3 is 0 Å². The largest absolute Gasteiger partial charge is 0.723 e. The third-order valence-corrected chi connectivity index (χ3v) is 7.73. The Labute approximate surface area is 205 Å². The lowest BCUT2D eigenvalue weighted by Crippen LogP contribution is -2.98. The van der Waals surface area contributed by atoms with Crippen LogP contribution in [0.4, 0.5) is 0 Å². The molecule has 2 spiro atoms. The number of hydrogen-bond acceptors (Lipinski definition) is 2. The van der Waals surface area contributed by atoms with Gasteiger partial charge in [0, 0.05) is 36.4 Å². The van der Waals surface area contributed by atoms with E-state index in [-0.39, 0.29) is 0 Å². The molecule has 0 fully saturated rings. The summed E-state index contributed by atoms with van der Waals surface area (Å²) in [5.41, 5.74) is 6.29. The van der Waals surface area contributed by atoms with Gasteiger partial charge >= 0.3 is 11.8 Å². The summed E-state index contributed by atoms with van der Waals surface area (Å²) in [6, 6.07) is 21.1. The summed E-state index contributed by atoms with van der Waals surface area (Å²) in [6.07, 6.45) is 12.8. The molecule has 0 radical (unpaired) electrons. The van der Waals surface area contributed by atoms with E-state index in [1.54, 1.807) is 0 Å². The topological polar surface area (TPSA) is 61.0 Å². The molecule has 10 heteroatoms. The third kappa shape index (κ3) is 1.68. The fourth-order valence-corrected chi connectivity index (χ4v) is 6.56. The predicted molar refractivity (Wildman–Crippen MR) is 123 cm³/mol. The van der Waals surface area contributed by atoms with Gasteiger partial charge in [0.15, 0.2) is 18.1 Å². The number of nitrogens with zero attached hydrogens (tertiary/aromatic N) is 10. The van der Waals surface area contributed by atoms with Crippen molar-refractivity contribution in [3.05, 3.63) is 109 Å². The molecule has 172 valence electrons. The lowest BCUT2D eigenvalue weighted by atomic mass is 10.2. The minimum Gasteiger partial charge on any atom is -0.168 e. The van der Waals surface area contributed by atoms with E-state index in [0.717, 1.165) is 34.2 Å². The van der Waals surface area contributed by atoms with Crippen LogP contribution >= 0.6 is 0 Å². The number of pyridine rings is 2. The first-order valence-corrected chi connectivity index (χ1v) is 12.0. The SMILES string of the molecule is Cc1cc2n(n1)C1(n3ccc[n+]3C3(n4nc(C)cc4-c4cccc[n+]43)[n+]3cccn31)[n+]1ccccc1-2. The average Bonchev–Trinajstić information content (AvgIpc) is 3.71. The van der Waals surface area contributed by atoms with E-state index in [0.29, 0.717) is 0 Å². The molecule has 10 nitrogen and oxygen atoms in total. The number of aryl methyl sites for hydroxylation is 2. The summed E-state index contributed by atoms with van der Waals surface area (Å²) >= 11 is 0. The van der Waals surface area contributed by atoms with Gasteiger partial charge in [0.1, 0.15) is 5.69 Å². The van der Waals surface area contributed by atoms with E-state index >= 15 is 0 Å². The zero-order valence-electron chi connectivity index (χ0n) is 19.7. The van der Waals surface area contributed by atoms with Crippen LogP contribution in [0, 0.1) is 13.8 Å². The number of fused-ring (bicyclic) bond motifs is 16. The van der Waals surface area contributed by atoms with Crippen molar-refractivity contribution in [1.29, 1.82) is 0 Å². The highest BCUT2D eigenvalue weighted by molar-refractivity contribution is 5.55. The van der Waals surface area contributed by atoms with Gasteiger partial charge in [-0.1, -0.05) is 4.68 Å². The second-order valence-electron chi connectivity index (χ2n) is 9.64. The molecule has 0 atom stereocenters. The van der Waals surface area contributed by atoms with Gasteiger partial charge in [0.05, 0.1) is 33.1 Å². The quantitative estimate of drug-likeness (QED) is 0.294. The van der Waals surface area contributed by atoms with Crippen LogP contribution in [-0.2, 0) is 11.8 Å². The summed E-state index contributed by atoms with van der Waals surface area (Å²) in [5, 5.41) is 10.1. The van der Waals surface area contributed by atoms with Crippen molar-refractivity contribution in [2.75, 3.05) is 0 Å². The van der Waals surface area contributed by atoms with E-state index in [4.69, 9.17) is 10.2 Å². The molecule has 36 heavy (non-hydrogen) atoms. The molecular weight excluding hydrogens is 452 g/mol. The molecule has 0 bridgehead atoms. The van der Waals surface area contributed by atoms with Gasteiger partial charge in [0.2, 0.25) is 23.8 Å². The fraction of sp³-hybridized carbons (Fsp3) is 0.154. The molecule has 9 heterocycles. The predicted octanol–water partition coefficient (Wildman–Crippen LogP) is 0.149. The zero-order chi connectivity index (χ0) is 23.8. The normalized spacial score (nSPS) is 21.8. The van der Waals surface area contributed by atoms with Crippen molar-refractivity contribution >= 4 is 0 Å². The van der Waals surface area contributed by atoms with Crippen LogP contribution < -0.4 is 18.5 Å². The van der Waals surface area contributed by atoms with Crippen LogP contribution in [0.3, 0.4) is 0 Å². The monoisotopic (exact) mass is 474 g/mol. The standard InChI is InChI=1S/C26H22N10/c1-19-17-23-21-9-3-5-11-29(21)25(35(23)27-19)31-13-7-15-33(31)26(34-16-8-14-32(25)34)30-12-6-4-10-22(30)24-18-20(2)28-36(24)26/h3-18H,1-2H3/q+4. The summed E-state index contributed by atoms with van der Waals surface area (Å²) in [6.45, 7) is 4.10. The summed E-state index contributed by atoms with van der Waals surface area (Å²) < 4.78 is 17.9. The number of hydrogen-bond donors (Lipinski definition) is 0. The van der Waals surface area contributed by atoms with Gasteiger partial charge in [-0.2, -0.15) is 10.2 Å². The van der Waals surface area contributed by atoms with Crippen LogP contribution in [-0.4, -0.2) is 28.9 Å². The second kappa shape index (κ2) is 5.68. The average molecular weight is 475 g/mol. The van der Waals surface area contributed by atoms with Gasteiger partial charge in [-0.25, -0.2) is 0 Å². The molecule has 9 rings (SSSR count). The van der Waals surface area contributed by atoms with Crippen LogP contribution in [0.5, 0.6) is 0 Å². The lowest BCUT2D eigenvalue weighted by Gasteiger charge is -2.28. The van der Waals surface area contributed by atoms with Crippen molar-refractivity contribution in [1.82, 2.24) is 28.9 Å². The maximum absolute atomic E-state index is 5.05. The molecule has 0 aliphatic carbocycles. The van der Waals surface area contributed by atoms with Gasteiger partial charge in [-0.05, 0) is 52.0 Å². The Morgan fingerprint density at radius 1 is 0.639 bits per heavy atom. The molecule has 3 aliphatic heterocycles. The molecule has 0 N–H and O–H groups in total. The lowest BCUT2D eigenvalue weighted by molar-refractivity contribution is -1.23. The number of rotatable bonds is 0. The van der Waals surface area contributed by atoms with Crippen LogP contribution in [0.1, 0.15) is 11.4 Å². The highest BCUT2D eigenvalue weighted by atomic mass is 15.9. The Kier molecular flexibility index (Phi) is 2.91. The van der Waals surface area contributed by atoms with Crippen LogP contribution in [0.25, 0.3) is 22.8 Å². The first-order valence-electron chi connectivity index (χ1n) is 12.0. The first kappa shape index (κ1) is 18.5. The van der Waals surface area contributed by atoms with Crippen molar-refractivity contribution in [2.24, 2.45) is 0 Å². The molecule has 0 saturated carbocycles. The minimum atomic E-state index is -0.848. The summed E-state index contributed by atoms with van der Waals surface area (Å²) in [4.78, 5) is 0. The maximum atomic E-state index is 5.05. The number of aromatic nitrogens is 10. The van der Waals surface area contributed by atoms with Crippen molar-refractivity contribution in [3.8, 4) is 22.8 Å². The molecular formula is C26H22N10+4. The van der Waals surface area contributed by atoms with E-state index < -0.39 is 11.8 Å². The highest BCUT2D eigenvalue weighted by Gasteiger charge is 2.82. The molecule has 6 aromatic heterocycles. The Bertz CT molecular complexity index is 1720. The molecule has 0 amide bonds. The van der Waals surface area contributed by atoms with Crippen LogP contribution in [0.15, 0.2) is 97.8 Å². The Balaban J connectivity index is 1.50. The van der Waals surface area contributed by atoms with Gasteiger partial charge in [-0.15, -0.1) is 9.25 Å². The Morgan fingerprint density at radius 3 is 1.86 bits per heavy atom. The third-order valence-electron chi connectivity index (χ3n) is 7.73. The van der Waals surface area contributed by atoms with E-state index in [9.17, 15) is 0 Å². The minimum absolute atomic E-state index is 0.848. The smallest absolute Gasteiger partial charge is 0.168 e. The summed E-state index contributed by atoms with van der Waals surface area (Å²) in [7, 11) is 0. The van der Waals surface area contributed by atoms with Gasteiger partial charge in [-0.3, -0.25) is 0 Å². The van der Waals surface area contributed by atoms with Crippen molar-refractivity contribution in [3.63, 3.8) is 0 Å². The first-order chi connectivity index (χ1) is 17.7. The van der Waals surface area contributed by atoms with Crippen molar-refractivity contribution in [2.45, 2.75) is 25.7 Å². The van der Waals surface area contributed by atoms with E-state index in [2.05, 4.69) is 135 Å². The van der Waals surface area contributed by atoms with Crippen molar-refractivity contribution < 1.29 is 18.5 Å². The maximum Gasteiger partial charge on any atom is 0.723 e. The molecule has 0 aromatic carbocycles. The molecule has 0 unspecified atom stereocenters. The molecule has 3 aliphatic rings. The van der Waals surface area contributed by atoms with Gasteiger partial charge in [0.25, 0.3) is 0 Å². The van der Waals surface area contributed by atoms with Crippen LogP contribution in [0.2, 0.25) is 0 Å². The zero-order valence-corrected chi connectivity index (χ0v) is 19.7. The highest BCUT2D eigenvalue weighted by Crippen LogP contribution is 2.36. The Hall–Kier alpha value is -4.86. The molecule has 0 saturated heterocycles. The molecule has 6 aromatic rings. The second-order valence-corrected chi connectivity index (χ2v) is 9.64. The Morgan fingerprint density at radius 2 is 1.19 bits per heavy atom. The fourth-order valence-electron chi connectivity index (χ4n) is 6.56. The van der Waals surface area contributed by atoms with E-state index in [1.165, 1.54) is 0 Å². The van der Waals surface area contributed by atoms with E-state index in [1.807, 2.05) is 13.8 Å².